The molecule has 2 aromatic rings. The second-order valence-corrected chi connectivity index (χ2v) is 6.07. The maximum atomic E-state index is 12.1. The van der Waals surface area contributed by atoms with Crippen LogP contribution in [0.15, 0.2) is 42.5 Å². The first kappa shape index (κ1) is 16.4. The lowest BCUT2D eigenvalue weighted by Gasteiger charge is -2.19. The van der Waals surface area contributed by atoms with E-state index < -0.39 is 5.91 Å². The summed E-state index contributed by atoms with van der Waals surface area (Å²) in [5.74, 6) is -0.695. The number of amides is 2. The van der Waals surface area contributed by atoms with Gasteiger partial charge < -0.3 is 5.32 Å². The molecule has 0 unspecified atom stereocenters. The predicted molar refractivity (Wildman–Crippen MR) is 89.9 cm³/mol. The van der Waals surface area contributed by atoms with Gasteiger partial charge >= 0.3 is 0 Å². The Bertz CT molecular complexity index is 777. The summed E-state index contributed by atoms with van der Waals surface area (Å²) >= 11 is 5.90. The van der Waals surface area contributed by atoms with Crippen LogP contribution in [0.25, 0.3) is 0 Å². The van der Waals surface area contributed by atoms with E-state index in [0.717, 1.165) is 11.1 Å². The molecule has 3 rings (SSSR count). The van der Waals surface area contributed by atoms with Crippen molar-refractivity contribution >= 4 is 29.1 Å². The molecule has 0 spiro atoms. The quantitative estimate of drug-likeness (QED) is 0.589. The summed E-state index contributed by atoms with van der Waals surface area (Å²) in [5.41, 5.74) is 4.48. The number of nitrogens with one attached hydrogen (secondary N) is 2. The van der Waals surface area contributed by atoms with Crippen molar-refractivity contribution in [1.82, 2.24) is 10.4 Å². The second-order valence-electron chi connectivity index (χ2n) is 5.63. The number of anilines is 1. The van der Waals surface area contributed by atoms with E-state index in [-0.39, 0.29) is 12.5 Å². The van der Waals surface area contributed by atoms with Crippen LogP contribution in [0.1, 0.15) is 21.5 Å². The van der Waals surface area contributed by atoms with Crippen molar-refractivity contribution in [2.75, 3.05) is 11.9 Å². The summed E-state index contributed by atoms with van der Waals surface area (Å²) in [4.78, 5) is 25.6. The summed E-state index contributed by atoms with van der Waals surface area (Å²) in [6.45, 7) is 1.34. The lowest BCUT2D eigenvalue weighted by atomic mass is 10.1. The van der Waals surface area contributed by atoms with E-state index in [2.05, 4.69) is 5.32 Å². The minimum atomic E-state index is -0.586. The Labute approximate surface area is 144 Å². The summed E-state index contributed by atoms with van der Waals surface area (Å²) in [6.07, 6.45) is 0. The number of rotatable bonds is 3. The minimum Gasteiger partial charge on any atom is -0.325 e. The van der Waals surface area contributed by atoms with E-state index in [0.29, 0.717) is 29.4 Å². The normalized spacial score (nSPS) is 14.5. The predicted octanol–water partition coefficient (Wildman–Crippen LogP) is 2.41. The molecule has 0 radical (unpaired) electrons. The van der Waals surface area contributed by atoms with Gasteiger partial charge in [0.25, 0.3) is 5.91 Å². The van der Waals surface area contributed by atoms with E-state index in [1.165, 1.54) is 0 Å². The van der Waals surface area contributed by atoms with Crippen LogP contribution in [0, 0.1) is 0 Å². The number of hydroxylamine groups is 1. The molecule has 3 N–H and O–H groups in total. The van der Waals surface area contributed by atoms with Crippen molar-refractivity contribution in [1.29, 1.82) is 0 Å². The summed E-state index contributed by atoms with van der Waals surface area (Å²) in [7, 11) is 0. The molecule has 0 fully saturated rings. The van der Waals surface area contributed by atoms with Gasteiger partial charge in [-0.3, -0.25) is 19.7 Å². The molecule has 2 amide bonds. The van der Waals surface area contributed by atoms with Crippen LogP contribution in [-0.4, -0.2) is 28.5 Å². The van der Waals surface area contributed by atoms with Crippen molar-refractivity contribution in [3.8, 4) is 0 Å². The van der Waals surface area contributed by atoms with Crippen LogP contribution in [0.5, 0.6) is 0 Å². The molecule has 2 aromatic carbocycles. The molecule has 0 saturated carbocycles. The third-order valence-electron chi connectivity index (χ3n) is 3.82. The number of carbonyl (C=O) groups excluding carboxylic acids is 2. The summed E-state index contributed by atoms with van der Waals surface area (Å²) in [5, 5.41) is 12.3. The van der Waals surface area contributed by atoms with Crippen molar-refractivity contribution in [3.63, 3.8) is 0 Å². The van der Waals surface area contributed by atoms with Gasteiger partial charge in [0, 0.05) is 29.4 Å². The van der Waals surface area contributed by atoms with E-state index in [4.69, 9.17) is 16.8 Å². The molecule has 0 aromatic heterocycles. The maximum Gasteiger partial charge on any atom is 0.274 e. The van der Waals surface area contributed by atoms with Crippen LogP contribution in [-0.2, 0) is 17.9 Å². The Morgan fingerprint density at radius 3 is 2.67 bits per heavy atom. The Morgan fingerprint density at radius 1 is 1.21 bits per heavy atom. The van der Waals surface area contributed by atoms with Gasteiger partial charge in [-0.1, -0.05) is 23.7 Å². The molecule has 124 valence electrons. The zero-order valence-corrected chi connectivity index (χ0v) is 13.5. The largest absolute Gasteiger partial charge is 0.325 e. The first-order valence-electron chi connectivity index (χ1n) is 7.39. The lowest BCUT2D eigenvalue weighted by Crippen LogP contribution is -2.29. The average molecular weight is 346 g/mol. The molecular formula is C17H16ClN3O3. The summed E-state index contributed by atoms with van der Waals surface area (Å²) in [6, 6.07) is 12.4. The molecule has 1 aliphatic rings. The number of hydrogen-bond acceptors (Lipinski definition) is 4. The molecule has 1 heterocycles. The third-order valence-corrected chi connectivity index (χ3v) is 4.08. The molecule has 1 aliphatic heterocycles. The zero-order valence-electron chi connectivity index (χ0n) is 12.8. The zero-order chi connectivity index (χ0) is 17.1. The lowest BCUT2D eigenvalue weighted by molar-refractivity contribution is -0.117. The van der Waals surface area contributed by atoms with Crippen molar-refractivity contribution < 1.29 is 14.8 Å². The van der Waals surface area contributed by atoms with Crippen molar-refractivity contribution in [2.45, 2.75) is 13.1 Å². The van der Waals surface area contributed by atoms with Crippen LogP contribution in [0.3, 0.4) is 0 Å². The maximum absolute atomic E-state index is 12.1. The summed E-state index contributed by atoms with van der Waals surface area (Å²) < 4.78 is 0. The topological polar surface area (TPSA) is 81.7 Å². The van der Waals surface area contributed by atoms with E-state index >= 15 is 0 Å². The highest BCUT2D eigenvalue weighted by molar-refractivity contribution is 6.30. The van der Waals surface area contributed by atoms with Crippen LogP contribution in [0.2, 0.25) is 5.02 Å². The fourth-order valence-electron chi connectivity index (χ4n) is 2.70. The highest BCUT2D eigenvalue weighted by atomic mass is 35.5. The first-order valence-corrected chi connectivity index (χ1v) is 7.77. The van der Waals surface area contributed by atoms with Crippen molar-refractivity contribution in [2.24, 2.45) is 0 Å². The highest BCUT2D eigenvalue weighted by Gasteiger charge is 2.20. The molecule has 7 heteroatoms. The fraction of sp³-hybridized carbons (Fsp3) is 0.176. The SMILES string of the molecule is O=C1CN(Cc2ccc(Cl)cc2)Cc2cc(C(=O)NO)ccc2N1. The monoisotopic (exact) mass is 345 g/mol. The number of nitrogens with zero attached hydrogens (tertiary/aromatic N) is 1. The van der Waals surface area contributed by atoms with Gasteiger partial charge in [0.15, 0.2) is 0 Å². The van der Waals surface area contributed by atoms with Gasteiger partial charge in [-0.2, -0.15) is 0 Å². The van der Waals surface area contributed by atoms with Gasteiger partial charge in [0.1, 0.15) is 0 Å². The molecule has 6 nitrogen and oxygen atoms in total. The minimum absolute atomic E-state index is 0.109. The van der Waals surface area contributed by atoms with Gasteiger partial charge in [-0.25, -0.2) is 5.48 Å². The van der Waals surface area contributed by atoms with E-state index in [9.17, 15) is 9.59 Å². The van der Waals surface area contributed by atoms with Gasteiger partial charge in [0.05, 0.1) is 6.54 Å². The number of fused-ring (bicyclic) bond motifs is 1. The molecule has 0 saturated heterocycles. The third kappa shape index (κ3) is 3.73. The van der Waals surface area contributed by atoms with Crippen LogP contribution in [0.4, 0.5) is 5.69 Å². The molecule has 0 bridgehead atoms. The van der Waals surface area contributed by atoms with Gasteiger partial charge in [-0.05, 0) is 41.5 Å². The number of hydrogen-bond donors (Lipinski definition) is 3. The molecule has 24 heavy (non-hydrogen) atoms. The number of benzene rings is 2. The number of halogens is 1. The van der Waals surface area contributed by atoms with Gasteiger partial charge in [-0.15, -0.1) is 0 Å². The van der Waals surface area contributed by atoms with Gasteiger partial charge in [0.2, 0.25) is 5.91 Å². The standard InChI is InChI=1S/C17H16ClN3O3/c18-14-4-1-11(2-5-14)8-21-9-13-7-12(17(23)20-24)3-6-15(13)19-16(22)10-21/h1-7,24H,8-10H2,(H,19,22)(H,20,23). The van der Waals surface area contributed by atoms with Crippen LogP contribution >= 0.6 is 11.6 Å². The first-order chi connectivity index (χ1) is 11.5. The second kappa shape index (κ2) is 7.00. The average Bonchev–Trinajstić information content (AvgIpc) is 2.72. The Hall–Kier alpha value is -2.41. The number of carbonyl (C=O) groups is 2. The Kier molecular flexibility index (Phi) is 4.80. The van der Waals surface area contributed by atoms with Crippen molar-refractivity contribution in [3.05, 3.63) is 64.2 Å². The Balaban J connectivity index is 1.85. The molecule has 0 aliphatic carbocycles. The Morgan fingerprint density at radius 2 is 1.96 bits per heavy atom. The van der Waals surface area contributed by atoms with E-state index in [1.54, 1.807) is 23.7 Å². The smallest absolute Gasteiger partial charge is 0.274 e. The molecular weight excluding hydrogens is 330 g/mol. The molecule has 0 atom stereocenters. The highest BCUT2D eigenvalue weighted by Crippen LogP contribution is 2.23. The van der Waals surface area contributed by atoms with Crippen LogP contribution < -0.4 is 10.8 Å². The fourth-order valence-corrected chi connectivity index (χ4v) is 2.83. The van der Waals surface area contributed by atoms with E-state index in [1.807, 2.05) is 29.2 Å².